The fourth-order valence-electron chi connectivity index (χ4n) is 1.47. The molecule has 17 heavy (non-hydrogen) atoms. The molecule has 88 valence electrons. The fraction of sp³-hybridized carbons (Fsp3) is 0.818. The summed E-state index contributed by atoms with van der Waals surface area (Å²) < 4.78 is 0. The summed E-state index contributed by atoms with van der Waals surface area (Å²) in [6, 6.07) is 0. The molecule has 1 atom stereocenters. The van der Waals surface area contributed by atoms with Gasteiger partial charge in [0.05, 0.1) is 11.9 Å². The van der Waals surface area contributed by atoms with E-state index in [4.69, 9.17) is 0 Å². The van der Waals surface area contributed by atoms with Gasteiger partial charge >= 0.3 is 70.2 Å². The first-order chi connectivity index (χ1) is 6.87. The Morgan fingerprint density at radius 2 is 1.59 bits per heavy atom. The largest absolute Gasteiger partial charge is 1.00 e. The van der Waals surface area contributed by atoms with Crippen molar-refractivity contribution in [2.24, 2.45) is 11.3 Å². The third kappa shape index (κ3) is 6.77. The van der Waals surface area contributed by atoms with Crippen molar-refractivity contribution < 1.29 is 90.0 Å². The molecule has 0 aliphatic heterocycles. The topological polar surface area (TPSA) is 80.3 Å². The summed E-state index contributed by atoms with van der Waals surface area (Å²) in [6.45, 7) is 4.80. The second kappa shape index (κ2) is 11.0. The Bertz CT molecular complexity index is 232. The molecule has 0 aliphatic carbocycles. The maximum atomic E-state index is 10.8. The van der Waals surface area contributed by atoms with Crippen molar-refractivity contribution in [1.82, 2.24) is 0 Å². The Kier molecular flexibility index (Phi) is 15.1. The summed E-state index contributed by atoms with van der Waals surface area (Å²) in [4.78, 5) is 21.6. The predicted octanol–water partition coefficient (Wildman–Crippen LogP) is -6.28. The van der Waals surface area contributed by atoms with Crippen molar-refractivity contribution >= 4 is 11.9 Å². The van der Waals surface area contributed by atoms with Gasteiger partial charge in [0.15, 0.2) is 0 Å². The molecule has 0 aromatic heterocycles. The molecule has 0 aliphatic rings. The monoisotopic (exact) mass is 260 g/mol. The third-order valence-corrected chi connectivity index (χ3v) is 3.07. The number of carbonyl (C=O) groups is 2. The van der Waals surface area contributed by atoms with Gasteiger partial charge in [-0.15, -0.1) is 0 Å². The minimum atomic E-state index is -1.88. The van der Waals surface area contributed by atoms with E-state index < -0.39 is 23.3 Å². The van der Waals surface area contributed by atoms with Gasteiger partial charge in [0.1, 0.15) is 0 Å². The molecular formula is C11H18KLiO4. The van der Waals surface area contributed by atoms with E-state index in [2.05, 4.69) is 0 Å². The zero-order valence-corrected chi connectivity index (χ0v) is 14.7. The molecule has 0 spiro atoms. The minimum Gasteiger partial charge on any atom is -0.549 e. The number of rotatable bonds is 7. The molecular weight excluding hydrogens is 242 g/mol. The van der Waals surface area contributed by atoms with Crippen molar-refractivity contribution in [2.45, 2.75) is 46.5 Å². The van der Waals surface area contributed by atoms with Gasteiger partial charge in [0.25, 0.3) is 0 Å². The average molecular weight is 260 g/mol. The second-order valence-corrected chi connectivity index (χ2v) is 4.17. The molecule has 0 bridgehead atoms. The van der Waals surface area contributed by atoms with Crippen LogP contribution in [0.5, 0.6) is 0 Å². The predicted molar refractivity (Wildman–Crippen MR) is 51.4 cm³/mol. The van der Waals surface area contributed by atoms with Crippen molar-refractivity contribution in [2.75, 3.05) is 0 Å². The summed E-state index contributed by atoms with van der Waals surface area (Å²) in [5.74, 6) is -3.60. The van der Waals surface area contributed by atoms with E-state index in [0.717, 1.165) is 26.2 Å². The van der Waals surface area contributed by atoms with Crippen molar-refractivity contribution in [3.8, 4) is 0 Å². The normalized spacial score (nSPS) is 11.9. The van der Waals surface area contributed by atoms with E-state index in [9.17, 15) is 19.8 Å². The van der Waals surface area contributed by atoms with Crippen LogP contribution in [0.3, 0.4) is 0 Å². The zero-order valence-electron chi connectivity index (χ0n) is 11.5. The van der Waals surface area contributed by atoms with E-state index >= 15 is 0 Å². The Labute approximate surface area is 158 Å². The standard InChI is InChI=1S/C11H20O4.K.Li/c1-4-5-6-7-8(2)11(3,9(12)13)10(14)15;;/h8H,4-7H2,1-3H3,(H,12,13)(H,14,15);;/q;2*+1/p-2. The van der Waals surface area contributed by atoms with Gasteiger partial charge in [-0.25, -0.2) is 0 Å². The molecule has 0 radical (unpaired) electrons. The van der Waals surface area contributed by atoms with Gasteiger partial charge in [-0.1, -0.05) is 33.1 Å². The van der Waals surface area contributed by atoms with Gasteiger partial charge in [-0.2, -0.15) is 0 Å². The van der Waals surface area contributed by atoms with E-state index in [1.54, 1.807) is 6.92 Å². The minimum absolute atomic E-state index is 0. The van der Waals surface area contributed by atoms with Gasteiger partial charge in [0.2, 0.25) is 0 Å². The summed E-state index contributed by atoms with van der Waals surface area (Å²) in [5, 5.41) is 21.6. The Balaban J connectivity index is -0.000000980. The van der Waals surface area contributed by atoms with Crippen LogP contribution < -0.4 is 80.5 Å². The number of carbonyl (C=O) groups excluding carboxylic acids is 2. The van der Waals surface area contributed by atoms with Crippen LogP contribution in [0.25, 0.3) is 0 Å². The molecule has 0 aromatic carbocycles. The molecule has 0 heterocycles. The van der Waals surface area contributed by atoms with Crippen LogP contribution in [0.15, 0.2) is 0 Å². The first kappa shape index (κ1) is 23.3. The van der Waals surface area contributed by atoms with Crippen LogP contribution in [0.1, 0.15) is 46.5 Å². The molecule has 0 rings (SSSR count). The van der Waals surface area contributed by atoms with Gasteiger partial charge < -0.3 is 19.8 Å². The first-order valence-corrected chi connectivity index (χ1v) is 5.30. The number of hydrogen-bond acceptors (Lipinski definition) is 4. The van der Waals surface area contributed by atoms with Crippen LogP contribution in [-0.4, -0.2) is 11.9 Å². The van der Waals surface area contributed by atoms with Crippen LogP contribution in [-0.2, 0) is 9.59 Å². The number of hydrogen-bond donors (Lipinski definition) is 0. The number of carboxylic acid groups (broad SMARTS) is 2. The van der Waals surface area contributed by atoms with Crippen LogP contribution in [0.4, 0.5) is 0 Å². The molecule has 0 saturated heterocycles. The van der Waals surface area contributed by atoms with E-state index in [-0.39, 0.29) is 70.2 Å². The van der Waals surface area contributed by atoms with Gasteiger partial charge in [0, 0.05) is 5.41 Å². The van der Waals surface area contributed by atoms with Crippen molar-refractivity contribution in [3.05, 3.63) is 0 Å². The SMILES string of the molecule is CCCCCC(C)C(C)(C(=O)[O-])C(=O)[O-].[K+].[Li+]. The Hall–Kier alpha value is 1.17. The van der Waals surface area contributed by atoms with Crippen LogP contribution in [0.2, 0.25) is 0 Å². The number of carboxylic acids is 2. The van der Waals surface area contributed by atoms with Gasteiger partial charge in [-0.05, 0) is 19.3 Å². The summed E-state index contributed by atoms with van der Waals surface area (Å²) in [5.41, 5.74) is -1.88. The molecule has 4 nitrogen and oxygen atoms in total. The Morgan fingerprint density at radius 1 is 1.18 bits per heavy atom. The molecule has 0 N–H and O–H groups in total. The fourth-order valence-corrected chi connectivity index (χ4v) is 1.47. The maximum Gasteiger partial charge on any atom is 1.00 e. The third-order valence-electron chi connectivity index (χ3n) is 3.07. The molecule has 0 aromatic rings. The van der Waals surface area contributed by atoms with Crippen molar-refractivity contribution in [3.63, 3.8) is 0 Å². The number of aliphatic carboxylic acids is 2. The van der Waals surface area contributed by atoms with Crippen LogP contribution in [0, 0.1) is 11.3 Å². The van der Waals surface area contributed by atoms with Gasteiger partial charge in [-0.3, -0.25) is 0 Å². The quantitative estimate of drug-likeness (QED) is 0.259. The molecule has 6 heteroatoms. The van der Waals surface area contributed by atoms with Crippen molar-refractivity contribution in [1.29, 1.82) is 0 Å². The van der Waals surface area contributed by atoms with E-state index in [1.165, 1.54) is 0 Å². The smallest absolute Gasteiger partial charge is 0.549 e. The van der Waals surface area contributed by atoms with E-state index in [1.807, 2.05) is 6.92 Å². The molecule has 1 unspecified atom stereocenters. The molecule has 0 amide bonds. The summed E-state index contributed by atoms with van der Waals surface area (Å²) >= 11 is 0. The maximum absolute atomic E-state index is 10.8. The summed E-state index contributed by atoms with van der Waals surface area (Å²) in [7, 11) is 0. The first-order valence-electron chi connectivity index (χ1n) is 5.30. The molecule has 0 saturated carbocycles. The van der Waals surface area contributed by atoms with Crippen LogP contribution >= 0.6 is 0 Å². The Morgan fingerprint density at radius 3 is 1.88 bits per heavy atom. The number of unbranched alkanes of at least 4 members (excludes halogenated alkanes) is 2. The molecule has 0 fully saturated rings. The van der Waals surface area contributed by atoms with E-state index in [0.29, 0.717) is 6.42 Å². The zero-order chi connectivity index (χ0) is 12.1. The summed E-state index contributed by atoms with van der Waals surface area (Å²) in [6.07, 6.45) is 3.38. The second-order valence-electron chi connectivity index (χ2n) is 4.17. The average Bonchev–Trinajstić information content (AvgIpc) is 2.15.